The van der Waals surface area contributed by atoms with Crippen LogP contribution in [0, 0.1) is 0 Å². The van der Waals surface area contributed by atoms with Crippen LogP contribution in [0.4, 0.5) is 0 Å². The summed E-state index contributed by atoms with van der Waals surface area (Å²) in [5, 5.41) is 9.55. The second-order valence-corrected chi connectivity index (χ2v) is 15.8. The second kappa shape index (κ2) is 50.7. The van der Waals surface area contributed by atoms with Crippen LogP contribution in [-0.2, 0) is 19.1 Å². The van der Waals surface area contributed by atoms with Crippen LogP contribution in [0.15, 0.2) is 122 Å². The third kappa shape index (κ3) is 48.8. The molecule has 1 unspecified atom stereocenters. The first kappa shape index (κ1) is 57.3. The smallest absolute Gasteiger partial charge is 0.306 e. The van der Waals surface area contributed by atoms with E-state index >= 15 is 0 Å². The van der Waals surface area contributed by atoms with E-state index in [9.17, 15) is 14.7 Å². The summed E-state index contributed by atoms with van der Waals surface area (Å²) in [6.07, 6.45) is 74.5. The van der Waals surface area contributed by atoms with Crippen molar-refractivity contribution < 1.29 is 24.2 Å². The molecule has 0 aromatic heterocycles. The van der Waals surface area contributed by atoms with Gasteiger partial charge in [0.2, 0.25) is 0 Å². The molecule has 0 amide bonds. The molecule has 0 aromatic rings. The molecular weight excluding hydrogens is 753 g/mol. The normalized spacial score (nSPS) is 13.3. The first-order valence-electron chi connectivity index (χ1n) is 24.6. The molecular formula is C56H90O5. The Bertz CT molecular complexity index is 1270. The Balaban J connectivity index is 3.61. The lowest BCUT2D eigenvalue weighted by molar-refractivity contribution is -0.161. The lowest BCUT2D eigenvalue weighted by atomic mass is 10.1. The molecule has 0 bridgehead atoms. The molecule has 0 aromatic carbocycles. The van der Waals surface area contributed by atoms with Crippen molar-refractivity contribution in [2.75, 3.05) is 13.2 Å². The molecule has 0 saturated carbocycles. The van der Waals surface area contributed by atoms with Crippen molar-refractivity contribution in [1.82, 2.24) is 0 Å². The van der Waals surface area contributed by atoms with Crippen LogP contribution in [0.25, 0.3) is 0 Å². The number of allylic oxidation sites excluding steroid dienone is 20. The van der Waals surface area contributed by atoms with E-state index in [0.29, 0.717) is 12.8 Å². The van der Waals surface area contributed by atoms with E-state index in [4.69, 9.17) is 9.47 Å². The fourth-order valence-electron chi connectivity index (χ4n) is 6.35. The van der Waals surface area contributed by atoms with Gasteiger partial charge >= 0.3 is 11.9 Å². The largest absolute Gasteiger partial charge is 0.462 e. The average Bonchev–Trinajstić information content (AvgIpc) is 3.26. The number of hydrogen-bond donors (Lipinski definition) is 1. The minimum Gasteiger partial charge on any atom is -0.462 e. The van der Waals surface area contributed by atoms with E-state index in [2.05, 4.69) is 135 Å². The predicted octanol–water partition coefficient (Wildman–Crippen LogP) is 16.3. The van der Waals surface area contributed by atoms with Crippen LogP contribution in [0.3, 0.4) is 0 Å². The molecule has 0 aliphatic rings. The predicted molar refractivity (Wildman–Crippen MR) is 265 cm³/mol. The van der Waals surface area contributed by atoms with E-state index in [1.54, 1.807) is 0 Å². The molecule has 5 nitrogen and oxygen atoms in total. The maximum Gasteiger partial charge on any atom is 0.306 e. The number of hydrogen-bond acceptors (Lipinski definition) is 5. The van der Waals surface area contributed by atoms with Crippen LogP contribution >= 0.6 is 0 Å². The van der Waals surface area contributed by atoms with Crippen molar-refractivity contribution in [2.45, 2.75) is 206 Å². The molecule has 0 rings (SSSR count). The molecule has 344 valence electrons. The van der Waals surface area contributed by atoms with Gasteiger partial charge in [0.1, 0.15) is 6.61 Å². The van der Waals surface area contributed by atoms with E-state index in [0.717, 1.165) is 109 Å². The third-order valence-electron chi connectivity index (χ3n) is 10.0. The van der Waals surface area contributed by atoms with E-state index in [1.165, 1.54) is 64.2 Å². The number of unbranched alkanes of at least 4 members (excludes halogenated alkanes) is 15. The summed E-state index contributed by atoms with van der Waals surface area (Å²) in [6.45, 7) is 3.97. The van der Waals surface area contributed by atoms with Gasteiger partial charge in [0.15, 0.2) is 6.10 Å². The van der Waals surface area contributed by atoms with Crippen molar-refractivity contribution >= 4 is 11.9 Å². The molecule has 0 aliphatic carbocycles. The standard InChI is InChI=1S/C56H90O5/c1-3-5-7-9-11-13-14-15-16-17-18-19-20-21-22-23-24-25-26-27-28-29-30-31-32-33-34-35-36-37-38-39-40-41-42-43-45-47-49-51-56(59)61-54(52-57)53-60-55(58)50-48-46-44-12-10-8-6-4-2/h5,7,11,13,15-16,18-19,21-22,24-25,27-28,30-31,33-34,36-37,54,57H,3-4,6,8-10,12,14,17,20,23,26,29,32,35,38-53H2,1-2H3/b7-5-,13-11-,16-15-,19-18-,22-21-,25-24-,28-27-,31-30-,34-33-,37-36-. The Kier molecular flexibility index (Phi) is 47.6. The molecule has 61 heavy (non-hydrogen) atoms. The van der Waals surface area contributed by atoms with Crippen molar-refractivity contribution in [3.63, 3.8) is 0 Å². The van der Waals surface area contributed by atoms with Crippen LogP contribution in [-0.4, -0.2) is 36.4 Å². The van der Waals surface area contributed by atoms with Gasteiger partial charge in [-0.05, 0) is 89.9 Å². The number of aliphatic hydroxyl groups excluding tert-OH is 1. The summed E-state index contributed by atoms with van der Waals surface area (Å²) in [5.74, 6) is -0.612. The fraction of sp³-hybridized carbons (Fsp3) is 0.607. The highest BCUT2D eigenvalue weighted by atomic mass is 16.6. The zero-order chi connectivity index (χ0) is 44.2. The Morgan fingerprint density at radius 1 is 0.393 bits per heavy atom. The Hall–Kier alpha value is -3.70. The Morgan fingerprint density at radius 2 is 0.705 bits per heavy atom. The number of ether oxygens (including phenoxy) is 2. The second-order valence-electron chi connectivity index (χ2n) is 15.8. The summed E-state index contributed by atoms with van der Waals surface area (Å²) in [4.78, 5) is 24.2. The van der Waals surface area contributed by atoms with Gasteiger partial charge in [0, 0.05) is 12.8 Å². The van der Waals surface area contributed by atoms with Crippen LogP contribution in [0.5, 0.6) is 0 Å². The van der Waals surface area contributed by atoms with E-state index in [-0.39, 0.29) is 25.2 Å². The zero-order valence-corrected chi connectivity index (χ0v) is 39.1. The SMILES string of the molecule is CC/C=C\C/C=C\C/C=C\C/C=C\C/C=C\C/C=C\C/C=C\C/C=C\C/C=C\C/C=C\CCCCCCCCCCC(=O)OC(CO)COC(=O)CCCCCCCCCC. The van der Waals surface area contributed by atoms with E-state index < -0.39 is 6.10 Å². The summed E-state index contributed by atoms with van der Waals surface area (Å²) in [5.41, 5.74) is 0. The summed E-state index contributed by atoms with van der Waals surface area (Å²) in [7, 11) is 0. The Morgan fingerprint density at radius 3 is 1.07 bits per heavy atom. The summed E-state index contributed by atoms with van der Waals surface area (Å²) in [6, 6.07) is 0. The van der Waals surface area contributed by atoms with Gasteiger partial charge in [-0.15, -0.1) is 0 Å². The van der Waals surface area contributed by atoms with E-state index in [1.807, 2.05) is 0 Å². The first-order chi connectivity index (χ1) is 30.1. The van der Waals surface area contributed by atoms with Crippen molar-refractivity contribution in [3.8, 4) is 0 Å². The molecule has 0 fully saturated rings. The van der Waals surface area contributed by atoms with Crippen molar-refractivity contribution in [1.29, 1.82) is 0 Å². The molecule has 0 aliphatic heterocycles. The lowest BCUT2D eigenvalue weighted by Gasteiger charge is -2.15. The number of esters is 2. The summed E-state index contributed by atoms with van der Waals surface area (Å²) < 4.78 is 10.6. The van der Waals surface area contributed by atoms with Gasteiger partial charge in [-0.1, -0.05) is 219 Å². The number of rotatable bonds is 43. The monoisotopic (exact) mass is 843 g/mol. The first-order valence-corrected chi connectivity index (χ1v) is 24.6. The molecule has 0 saturated heterocycles. The maximum absolute atomic E-state index is 12.2. The van der Waals surface area contributed by atoms with Crippen LogP contribution < -0.4 is 0 Å². The van der Waals surface area contributed by atoms with Gasteiger partial charge in [-0.3, -0.25) is 9.59 Å². The van der Waals surface area contributed by atoms with Crippen LogP contribution in [0.2, 0.25) is 0 Å². The molecule has 0 radical (unpaired) electrons. The van der Waals surface area contributed by atoms with Crippen molar-refractivity contribution in [2.24, 2.45) is 0 Å². The van der Waals surface area contributed by atoms with Gasteiger partial charge in [-0.2, -0.15) is 0 Å². The fourth-order valence-corrected chi connectivity index (χ4v) is 6.35. The molecule has 5 heteroatoms. The quantitative estimate of drug-likeness (QED) is 0.0376. The topological polar surface area (TPSA) is 72.8 Å². The highest BCUT2D eigenvalue weighted by Crippen LogP contribution is 2.13. The highest BCUT2D eigenvalue weighted by molar-refractivity contribution is 5.70. The minimum atomic E-state index is -0.779. The molecule has 1 atom stereocenters. The molecule has 0 heterocycles. The highest BCUT2D eigenvalue weighted by Gasteiger charge is 2.16. The number of carbonyl (C=O) groups is 2. The van der Waals surface area contributed by atoms with Gasteiger partial charge in [0.05, 0.1) is 6.61 Å². The summed E-state index contributed by atoms with van der Waals surface area (Å²) >= 11 is 0. The van der Waals surface area contributed by atoms with Gasteiger partial charge in [0.25, 0.3) is 0 Å². The van der Waals surface area contributed by atoms with Crippen molar-refractivity contribution in [3.05, 3.63) is 122 Å². The van der Waals surface area contributed by atoms with Gasteiger partial charge < -0.3 is 14.6 Å². The van der Waals surface area contributed by atoms with Crippen LogP contribution in [0.1, 0.15) is 200 Å². The number of carbonyl (C=O) groups excluding carboxylic acids is 2. The van der Waals surface area contributed by atoms with Gasteiger partial charge in [-0.25, -0.2) is 0 Å². The third-order valence-corrected chi connectivity index (χ3v) is 10.0. The average molecular weight is 843 g/mol. The number of aliphatic hydroxyl groups is 1. The minimum absolute atomic E-state index is 0.0739. The lowest BCUT2D eigenvalue weighted by Crippen LogP contribution is -2.28. The zero-order valence-electron chi connectivity index (χ0n) is 39.1. The molecule has 1 N–H and O–H groups in total. The maximum atomic E-state index is 12.2. The molecule has 0 spiro atoms. The Labute approximate surface area is 375 Å².